The number of hydrogen-bond donors (Lipinski definition) is 2. The van der Waals surface area contributed by atoms with Crippen molar-refractivity contribution < 1.29 is 23.8 Å². The number of amides is 1. The third-order valence-electron chi connectivity index (χ3n) is 5.18. The van der Waals surface area contributed by atoms with Gasteiger partial charge in [-0.15, -0.1) is 0 Å². The molecule has 0 bridgehead atoms. The van der Waals surface area contributed by atoms with E-state index in [2.05, 4.69) is 5.32 Å². The average Bonchev–Trinajstić information content (AvgIpc) is 3.16. The summed E-state index contributed by atoms with van der Waals surface area (Å²) in [6.07, 6.45) is 4.48. The molecule has 7 nitrogen and oxygen atoms in total. The smallest absolute Gasteiger partial charge is 0.339 e. The summed E-state index contributed by atoms with van der Waals surface area (Å²) < 4.78 is 11.1. The van der Waals surface area contributed by atoms with E-state index in [-0.39, 0.29) is 12.2 Å². The number of carboxylic acid groups (broad SMARTS) is 1. The van der Waals surface area contributed by atoms with E-state index in [0.29, 0.717) is 29.7 Å². The fraction of sp³-hybridized carbons (Fsp3) is 0.476. The molecule has 0 fully saturated rings. The lowest BCUT2D eigenvalue weighted by Gasteiger charge is -2.15. The van der Waals surface area contributed by atoms with Crippen LogP contribution in [0.15, 0.2) is 21.3 Å². The first-order chi connectivity index (χ1) is 13.4. The van der Waals surface area contributed by atoms with Crippen LogP contribution in [0, 0.1) is 6.92 Å². The molecule has 2 aromatic rings. The van der Waals surface area contributed by atoms with Crippen molar-refractivity contribution in [2.45, 2.75) is 58.4 Å². The van der Waals surface area contributed by atoms with Gasteiger partial charge in [0.25, 0.3) is 5.91 Å². The molecule has 0 saturated heterocycles. The highest BCUT2D eigenvalue weighted by Crippen LogP contribution is 2.32. The van der Waals surface area contributed by atoms with Gasteiger partial charge < -0.3 is 19.6 Å². The monoisotopic (exact) mass is 387 g/mol. The van der Waals surface area contributed by atoms with Crippen LogP contribution in [0.5, 0.6) is 5.75 Å². The minimum absolute atomic E-state index is 0.307. The molecule has 0 aliphatic heterocycles. The van der Waals surface area contributed by atoms with Gasteiger partial charge in [-0.3, -0.25) is 4.79 Å². The maximum Gasteiger partial charge on any atom is 0.339 e. The Hall–Kier alpha value is -2.83. The topological polar surface area (TPSA) is 106 Å². The fourth-order valence-electron chi connectivity index (χ4n) is 3.66. The molecule has 1 heterocycles. The summed E-state index contributed by atoms with van der Waals surface area (Å²) in [6.45, 7) is 3.43. The molecule has 0 saturated carbocycles. The van der Waals surface area contributed by atoms with Gasteiger partial charge in [0.05, 0.1) is 0 Å². The SMILES string of the molecule is CCCC[C@@H](NC(=O)COc1ccc2c3c(c(=O)oc2c1C)CCC3)C(=O)O. The molecule has 1 aliphatic carbocycles. The fourth-order valence-corrected chi connectivity index (χ4v) is 3.66. The molecular weight excluding hydrogens is 362 g/mol. The van der Waals surface area contributed by atoms with E-state index >= 15 is 0 Å². The van der Waals surface area contributed by atoms with Crippen molar-refractivity contribution in [1.82, 2.24) is 5.32 Å². The van der Waals surface area contributed by atoms with Gasteiger partial charge in [-0.25, -0.2) is 9.59 Å². The number of nitrogens with one attached hydrogen (secondary N) is 1. The highest BCUT2D eigenvalue weighted by Gasteiger charge is 2.22. The Labute approximate surface area is 162 Å². The number of unbranched alkanes of at least 4 members (excludes halogenated alkanes) is 1. The maximum atomic E-state index is 12.2. The molecule has 150 valence electrons. The lowest BCUT2D eigenvalue weighted by atomic mass is 10.0. The van der Waals surface area contributed by atoms with Crippen molar-refractivity contribution in [2.24, 2.45) is 0 Å². The summed E-state index contributed by atoms with van der Waals surface area (Å²) in [5, 5.41) is 12.6. The van der Waals surface area contributed by atoms with Crippen molar-refractivity contribution in [3.8, 4) is 5.75 Å². The van der Waals surface area contributed by atoms with E-state index in [1.165, 1.54) is 0 Å². The Balaban J connectivity index is 1.73. The molecule has 1 aliphatic rings. The Morgan fingerprint density at radius 3 is 2.75 bits per heavy atom. The first-order valence-corrected chi connectivity index (χ1v) is 9.65. The molecule has 2 N–H and O–H groups in total. The molecule has 1 aromatic carbocycles. The highest BCUT2D eigenvalue weighted by atomic mass is 16.5. The van der Waals surface area contributed by atoms with Crippen LogP contribution in [-0.2, 0) is 22.4 Å². The predicted molar refractivity (Wildman–Crippen MR) is 104 cm³/mol. The molecule has 0 unspecified atom stereocenters. The van der Waals surface area contributed by atoms with Gasteiger partial charge >= 0.3 is 11.6 Å². The van der Waals surface area contributed by atoms with E-state index < -0.39 is 17.9 Å². The van der Waals surface area contributed by atoms with Crippen LogP contribution in [0.4, 0.5) is 0 Å². The number of fused-ring (bicyclic) bond motifs is 3. The summed E-state index contributed by atoms with van der Waals surface area (Å²) in [6, 6.07) is 2.69. The van der Waals surface area contributed by atoms with Gasteiger partial charge in [0.2, 0.25) is 0 Å². The van der Waals surface area contributed by atoms with Crippen molar-refractivity contribution in [1.29, 1.82) is 0 Å². The number of carbonyl (C=O) groups excluding carboxylic acids is 1. The Morgan fingerprint density at radius 2 is 2.04 bits per heavy atom. The number of benzene rings is 1. The molecular formula is C21H25NO6. The van der Waals surface area contributed by atoms with Gasteiger partial charge in [0.1, 0.15) is 17.4 Å². The van der Waals surface area contributed by atoms with Gasteiger partial charge in [-0.1, -0.05) is 19.8 Å². The summed E-state index contributed by atoms with van der Waals surface area (Å²) in [5.74, 6) is -1.12. The van der Waals surface area contributed by atoms with E-state index in [0.717, 1.165) is 42.2 Å². The Bertz CT molecular complexity index is 962. The van der Waals surface area contributed by atoms with Crippen molar-refractivity contribution in [3.63, 3.8) is 0 Å². The van der Waals surface area contributed by atoms with Crippen LogP contribution in [0.25, 0.3) is 11.0 Å². The largest absolute Gasteiger partial charge is 0.483 e. The molecule has 28 heavy (non-hydrogen) atoms. The highest BCUT2D eigenvalue weighted by molar-refractivity contribution is 5.87. The number of aliphatic carboxylic acids is 1. The molecule has 7 heteroatoms. The molecule has 1 atom stereocenters. The first-order valence-electron chi connectivity index (χ1n) is 9.65. The second kappa shape index (κ2) is 8.46. The normalized spacial score (nSPS) is 13.9. The number of rotatable bonds is 8. The van der Waals surface area contributed by atoms with Crippen LogP contribution in [0.2, 0.25) is 0 Å². The molecule has 1 amide bonds. The number of carboxylic acids is 1. The first kappa shape index (κ1) is 19.9. The minimum atomic E-state index is -1.06. The summed E-state index contributed by atoms with van der Waals surface area (Å²) in [4.78, 5) is 35.5. The second-order valence-corrected chi connectivity index (χ2v) is 7.15. The molecule has 0 spiro atoms. The van der Waals surface area contributed by atoms with Crippen LogP contribution < -0.4 is 15.7 Å². The zero-order valence-corrected chi connectivity index (χ0v) is 16.2. The van der Waals surface area contributed by atoms with Gasteiger partial charge in [0, 0.05) is 16.5 Å². The predicted octanol–water partition coefficient (Wildman–Crippen LogP) is 2.73. The van der Waals surface area contributed by atoms with E-state index in [1.807, 2.05) is 13.0 Å². The lowest BCUT2D eigenvalue weighted by Crippen LogP contribution is -2.42. The molecule has 0 radical (unpaired) electrons. The standard InChI is InChI=1S/C21H25NO6/c1-3-4-8-16(20(24)25)22-18(23)11-27-17-10-9-14-13-6-5-7-15(13)21(26)28-19(14)12(17)2/h9-10,16H,3-8,11H2,1-2H3,(H,22,23)(H,24,25)/t16-/m1/s1. The van der Waals surface area contributed by atoms with Crippen LogP contribution >= 0.6 is 0 Å². The maximum absolute atomic E-state index is 12.2. The minimum Gasteiger partial charge on any atom is -0.483 e. The van der Waals surface area contributed by atoms with Crippen LogP contribution in [0.3, 0.4) is 0 Å². The summed E-state index contributed by atoms with van der Waals surface area (Å²) in [5.41, 5.74) is 2.62. The average molecular weight is 387 g/mol. The van der Waals surface area contributed by atoms with Crippen LogP contribution in [0.1, 0.15) is 49.3 Å². The number of hydrogen-bond acceptors (Lipinski definition) is 5. The van der Waals surface area contributed by atoms with Crippen LogP contribution in [-0.4, -0.2) is 29.6 Å². The zero-order chi connectivity index (χ0) is 20.3. The van der Waals surface area contributed by atoms with Gasteiger partial charge in [0.15, 0.2) is 6.61 Å². The van der Waals surface area contributed by atoms with E-state index in [9.17, 15) is 19.5 Å². The van der Waals surface area contributed by atoms with Crippen molar-refractivity contribution >= 4 is 22.8 Å². The lowest BCUT2D eigenvalue weighted by molar-refractivity contribution is -0.142. The van der Waals surface area contributed by atoms with Gasteiger partial charge in [-0.2, -0.15) is 0 Å². The third-order valence-corrected chi connectivity index (χ3v) is 5.18. The van der Waals surface area contributed by atoms with Crippen molar-refractivity contribution in [2.75, 3.05) is 6.61 Å². The Morgan fingerprint density at radius 1 is 1.29 bits per heavy atom. The summed E-state index contributed by atoms with van der Waals surface area (Å²) in [7, 11) is 0. The van der Waals surface area contributed by atoms with Gasteiger partial charge in [-0.05, 0) is 50.3 Å². The number of carbonyl (C=O) groups is 2. The summed E-state index contributed by atoms with van der Waals surface area (Å²) >= 11 is 0. The second-order valence-electron chi connectivity index (χ2n) is 7.15. The number of aryl methyl sites for hydroxylation is 2. The number of ether oxygens (including phenoxy) is 1. The third kappa shape index (κ3) is 4.03. The molecule has 3 rings (SSSR count). The zero-order valence-electron chi connectivity index (χ0n) is 16.2. The van der Waals surface area contributed by atoms with Crippen molar-refractivity contribution in [3.05, 3.63) is 39.2 Å². The molecule has 1 aromatic heterocycles. The quantitative estimate of drug-likeness (QED) is 0.675. The van der Waals surface area contributed by atoms with E-state index in [4.69, 9.17) is 9.15 Å². The van der Waals surface area contributed by atoms with E-state index in [1.54, 1.807) is 13.0 Å². The Kier molecular flexibility index (Phi) is 6.02.